The van der Waals surface area contributed by atoms with Crippen LogP contribution in [0.5, 0.6) is 0 Å². The minimum Gasteiger partial charge on any atom is -0.349 e. The minimum absolute atomic E-state index is 0.0178. The molecule has 1 aliphatic rings. The van der Waals surface area contributed by atoms with Crippen molar-refractivity contribution in [3.8, 4) is 0 Å². The van der Waals surface area contributed by atoms with Crippen LogP contribution in [0.15, 0.2) is 54.6 Å². The Morgan fingerprint density at radius 1 is 1.06 bits per heavy atom. The molecule has 0 bridgehead atoms. The Hall–Kier alpha value is -1.89. The maximum atomic E-state index is 13.0. The Morgan fingerprint density at radius 3 is 2.26 bits per heavy atom. The van der Waals surface area contributed by atoms with Gasteiger partial charge in [-0.25, -0.2) is 12.7 Å². The number of halogens is 1. The second kappa shape index (κ2) is 10.6. The highest BCUT2D eigenvalue weighted by Gasteiger charge is 2.32. The lowest BCUT2D eigenvalue weighted by Crippen LogP contribution is -2.44. The summed E-state index contributed by atoms with van der Waals surface area (Å²) in [6, 6.07) is 16.9. The molecule has 1 heterocycles. The number of sulfonamides is 1. The molecule has 1 saturated heterocycles. The summed E-state index contributed by atoms with van der Waals surface area (Å²) in [6.45, 7) is 5.03. The Morgan fingerprint density at radius 2 is 1.68 bits per heavy atom. The molecule has 168 valence electrons. The maximum Gasteiger partial charge on any atom is 0.223 e. The highest BCUT2D eigenvalue weighted by Crippen LogP contribution is 2.26. The van der Waals surface area contributed by atoms with Crippen LogP contribution in [0.1, 0.15) is 50.3 Å². The molecule has 1 aliphatic heterocycles. The van der Waals surface area contributed by atoms with E-state index in [4.69, 9.17) is 11.6 Å². The molecule has 1 N–H and O–H groups in total. The standard InChI is InChI=1S/C24H31ClN2O3S/c1-18(2)16-23(20-6-4-3-5-7-20)26-24(28)21-12-14-27(15-13-21)31(29,30)17-19-8-10-22(25)11-9-19/h3-11,18,21,23H,12-17H2,1-2H3,(H,26,28). The smallest absolute Gasteiger partial charge is 0.223 e. The zero-order valence-electron chi connectivity index (χ0n) is 18.1. The van der Waals surface area contributed by atoms with E-state index >= 15 is 0 Å². The van der Waals surface area contributed by atoms with Crippen molar-refractivity contribution >= 4 is 27.5 Å². The summed E-state index contributed by atoms with van der Waals surface area (Å²) in [5, 5.41) is 3.80. The van der Waals surface area contributed by atoms with Gasteiger partial charge in [0.2, 0.25) is 15.9 Å². The average Bonchev–Trinajstić information content (AvgIpc) is 2.75. The van der Waals surface area contributed by atoms with Crippen molar-refractivity contribution in [2.75, 3.05) is 13.1 Å². The average molecular weight is 463 g/mol. The molecule has 0 spiro atoms. The number of amides is 1. The molecule has 1 amide bonds. The monoisotopic (exact) mass is 462 g/mol. The second-order valence-electron chi connectivity index (χ2n) is 8.66. The van der Waals surface area contributed by atoms with Gasteiger partial charge in [-0.15, -0.1) is 0 Å². The van der Waals surface area contributed by atoms with Crippen LogP contribution >= 0.6 is 11.6 Å². The molecule has 5 nitrogen and oxygen atoms in total. The van der Waals surface area contributed by atoms with Crippen LogP contribution in [0.3, 0.4) is 0 Å². The molecule has 3 rings (SSSR count). The summed E-state index contributed by atoms with van der Waals surface area (Å²) in [4.78, 5) is 13.0. The first kappa shape index (κ1) is 23.8. The third-order valence-electron chi connectivity index (χ3n) is 5.71. The van der Waals surface area contributed by atoms with E-state index in [1.54, 1.807) is 24.3 Å². The SMILES string of the molecule is CC(C)CC(NC(=O)C1CCN(S(=O)(=O)Cc2ccc(Cl)cc2)CC1)c1ccccc1. The zero-order chi connectivity index (χ0) is 22.4. The Labute approximate surface area is 190 Å². The number of hydrogen-bond acceptors (Lipinski definition) is 3. The van der Waals surface area contributed by atoms with Crippen LogP contribution in [0, 0.1) is 11.8 Å². The molecule has 0 saturated carbocycles. The molecule has 0 aliphatic carbocycles. The molecule has 1 atom stereocenters. The predicted molar refractivity (Wildman–Crippen MR) is 125 cm³/mol. The minimum atomic E-state index is -3.42. The topological polar surface area (TPSA) is 66.5 Å². The van der Waals surface area contributed by atoms with Gasteiger partial charge in [-0.2, -0.15) is 0 Å². The van der Waals surface area contributed by atoms with Gasteiger partial charge in [0.1, 0.15) is 0 Å². The Bertz CT molecular complexity index is 954. The molecule has 31 heavy (non-hydrogen) atoms. The summed E-state index contributed by atoms with van der Waals surface area (Å²) in [5.41, 5.74) is 1.82. The van der Waals surface area contributed by atoms with Crippen LogP contribution in [0.2, 0.25) is 5.02 Å². The first-order valence-electron chi connectivity index (χ1n) is 10.8. The lowest BCUT2D eigenvalue weighted by atomic mass is 9.93. The molecule has 2 aromatic carbocycles. The number of nitrogens with one attached hydrogen (secondary N) is 1. The summed E-state index contributed by atoms with van der Waals surface area (Å²) in [6.07, 6.45) is 1.94. The van der Waals surface area contributed by atoms with Crippen molar-refractivity contribution in [3.05, 3.63) is 70.7 Å². The second-order valence-corrected chi connectivity index (χ2v) is 11.1. The van der Waals surface area contributed by atoms with Gasteiger partial charge in [0.15, 0.2) is 0 Å². The number of nitrogens with zero attached hydrogens (tertiary/aromatic N) is 1. The maximum absolute atomic E-state index is 13.0. The van der Waals surface area contributed by atoms with Crippen LogP contribution in [-0.4, -0.2) is 31.7 Å². The predicted octanol–water partition coefficient (Wildman–Crippen LogP) is 4.79. The highest BCUT2D eigenvalue weighted by atomic mass is 35.5. The third kappa shape index (κ3) is 6.79. The quantitative estimate of drug-likeness (QED) is 0.613. The van der Waals surface area contributed by atoms with Gasteiger partial charge in [-0.1, -0.05) is 67.9 Å². The summed E-state index contributed by atoms with van der Waals surface area (Å²) in [7, 11) is -3.42. The highest BCUT2D eigenvalue weighted by molar-refractivity contribution is 7.88. The number of rotatable bonds is 8. The van der Waals surface area contributed by atoms with Gasteiger partial charge in [0.25, 0.3) is 0 Å². The number of hydrogen-bond donors (Lipinski definition) is 1. The van der Waals surface area contributed by atoms with Crippen molar-refractivity contribution < 1.29 is 13.2 Å². The Balaban J connectivity index is 1.57. The van der Waals surface area contributed by atoms with Gasteiger partial charge in [0, 0.05) is 24.0 Å². The van der Waals surface area contributed by atoms with E-state index in [1.807, 2.05) is 30.3 Å². The van der Waals surface area contributed by atoms with Crippen molar-refractivity contribution in [1.82, 2.24) is 9.62 Å². The first-order valence-corrected chi connectivity index (χ1v) is 12.8. The third-order valence-corrected chi connectivity index (χ3v) is 7.81. The first-order chi connectivity index (χ1) is 14.7. The van der Waals surface area contributed by atoms with E-state index < -0.39 is 10.0 Å². The largest absolute Gasteiger partial charge is 0.349 e. The molecule has 0 aromatic heterocycles. The van der Waals surface area contributed by atoms with Gasteiger partial charge >= 0.3 is 0 Å². The van der Waals surface area contributed by atoms with Crippen LogP contribution in [0.25, 0.3) is 0 Å². The number of piperidine rings is 1. The fourth-order valence-electron chi connectivity index (χ4n) is 4.00. The molecule has 0 radical (unpaired) electrons. The van der Waals surface area contributed by atoms with Crippen LogP contribution in [-0.2, 0) is 20.6 Å². The molecule has 1 unspecified atom stereocenters. The molecular formula is C24H31ClN2O3S. The van der Waals surface area contributed by atoms with E-state index in [-0.39, 0.29) is 23.6 Å². The molecule has 7 heteroatoms. The van der Waals surface area contributed by atoms with E-state index in [0.717, 1.165) is 12.0 Å². The van der Waals surface area contributed by atoms with E-state index in [0.29, 0.717) is 42.4 Å². The summed E-state index contributed by atoms with van der Waals surface area (Å²) in [5.74, 6) is 0.251. The van der Waals surface area contributed by atoms with Gasteiger partial charge in [-0.3, -0.25) is 4.79 Å². The summed E-state index contributed by atoms with van der Waals surface area (Å²) < 4.78 is 27.1. The fraction of sp³-hybridized carbons (Fsp3) is 0.458. The van der Waals surface area contributed by atoms with Crippen LogP contribution in [0.4, 0.5) is 0 Å². The van der Waals surface area contributed by atoms with E-state index in [1.165, 1.54) is 4.31 Å². The van der Waals surface area contributed by atoms with Crippen molar-refractivity contribution in [3.63, 3.8) is 0 Å². The number of benzene rings is 2. The Kier molecular flexibility index (Phi) is 8.14. The van der Waals surface area contributed by atoms with Gasteiger partial charge in [-0.05, 0) is 48.4 Å². The normalized spacial score (nSPS) is 16.9. The van der Waals surface area contributed by atoms with Crippen molar-refractivity contribution in [1.29, 1.82) is 0 Å². The number of carbonyl (C=O) groups excluding carboxylic acids is 1. The van der Waals surface area contributed by atoms with Crippen molar-refractivity contribution in [2.45, 2.75) is 44.9 Å². The van der Waals surface area contributed by atoms with Crippen molar-refractivity contribution in [2.24, 2.45) is 11.8 Å². The fourth-order valence-corrected chi connectivity index (χ4v) is 5.69. The molecule has 2 aromatic rings. The number of carbonyl (C=O) groups is 1. The van der Waals surface area contributed by atoms with E-state index in [9.17, 15) is 13.2 Å². The van der Waals surface area contributed by atoms with E-state index in [2.05, 4.69) is 19.2 Å². The summed E-state index contributed by atoms with van der Waals surface area (Å²) >= 11 is 5.88. The molecule has 1 fully saturated rings. The molecular weight excluding hydrogens is 432 g/mol. The van der Waals surface area contributed by atoms with Crippen LogP contribution < -0.4 is 5.32 Å². The lowest BCUT2D eigenvalue weighted by molar-refractivity contribution is -0.127. The lowest BCUT2D eigenvalue weighted by Gasteiger charge is -2.32. The van der Waals surface area contributed by atoms with Gasteiger partial charge in [0.05, 0.1) is 11.8 Å². The zero-order valence-corrected chi connectivity index (χ0v) is 19.7. The van der Waals surface area contributed by atoms with Gasteiger partial charge < -0.3 is 5.32 Å².